The summed E-state index contributed by atoms with van der Waals surface area (Å²) >= 11 is 0. The van der Waals surface area contributed by atoms with Crippen molar-refractivity contribution in [1.29, 1.82) is 0 Å². The molecule has 0 bridgehead atoms. The van der Waals surface area contributed by atoms with Crippen molar-refractivity contribution in [3.8, 4) is 11.3 Å². The van der Waals surface area contributed by atoms with Crippen molar-refractivity contribution < 1.29 is 19.8 Å². The first-order valence-corrected chi connectivity index (χ1v) is 14.1. The summed E-state index contributed by atoms with van der Waals surface area (Å²) in [6.45, 7) is 9.67. The van der Waals surface area contributed by atoms with Gasteiger partial charge in [0.05, 0.1) is 11.8 Å². The highest BCUT2D eigenvalue weighted by molar-refractivity contribution is 5.92. The van der Waals surface area contributed by atoms with E-state index in [9.17, 15) is 19.8 Å². The lowest BCUT2D eigenvalue weighted by Gasteiger charge is -2.35. The molecule has 40 heavy (non-hydrogen) atoms. The number of carbonyl (C=O) groups excluding carboxylic acids is 1. The number of piperidine rings is 1. The Labute approximate surface area is 232 Å². The van der Waals surface area contributed by atoms with Crippen LogP contribution in [0.5, 0.6) is 0 Å². The molecule has 3 N–H and O–H groups in total. The van der Waals surface area contributed by atoms with E-state index in [1.807, 2.05) is 17.6 Å². The Hall–Kier alpha value is -3.92. The minimum absolute atomic E-state index is 0.187. The number of fused-ring (bicyclic) bond motifs is 2. The molecule has 2 atom stereocenters. The third-order valence-corrected chi connectivity index (χ3v) is 8.59. The van der Waals surface area contributed by atoms with Crippen LogP contribution in [0, 0.1) is 13.8 Å². The highest BCUT2D eigenvalue weighted by Gasteiger charge is 2.43. The van der Waals surface area contributed by atoms with E-state index >= 15 is 0 Å². The first-order chi connectivity index (χ1) is 19.1. The van der Waals surface area contributed by atoms with Crippen molar-refractivity contribution in [3.05, 3.63) is 53.0 Å². The third kappa shape index (κ3) is 4.40. The summed E-state index contributed by atoms with van der Waals surface area (Å²) in [4.78, 5) is 35.7. The highest BCUT2D eigenvalue weighted by Crippen LogP contribution is 2.39. The van der Waals surface area contributed by atoms with Crippen LogP contribution in [0.1, 0.15) is 67.5 Å². The maximum absolute atomic E-state index is 13.2. The molecule has 0 aliphatic carbocycles. The lowest BCUT2D eigenvalue weighted by Crippen LogP contribution is -2.52. The molecule has 3 aromatic heterocycles. The van der Waals surface area contributed by atoms with Crippen LogP contribution >= 0.6 is 0 Å². The zero-order valence-electron chi connectivity index (χ0n) is 23.4. The monoisotopic (exact) mass is 544 g/mol. The Morgan fingerprint density at radius 1 is 1.07 bits per heavy atom. The Bertz CT molecular complexity index is 1610. The van der Waals surface area contributed by atoms with Crippen molar-refractivity contribution in [3.63, 3.8) is 0 Å². The number of likely N-dealkylation sites (tertiary alicyclic amines) is 2. The molecule has 10 nitrogen and oxygen atoms in total. The zero-order chi connectivity index (χ0) is 28.3. The molecule has 6 rings (SSSR count). The number of amides is 2. The molecule has 210 valence electrons. The fraction of sp³-hybridized carbons (Fsp3) is 0.467. The van der Waals surface area contributed by atoms with E-state index in [0.29, 0.717) is 31.3 Å². The van der Waals surface area contributed by atoms with Gasteiger partial charge in [0.25, 0.3) is 0 Å². The quantitative estimate of drug-likeness (QED) is 0.349. The average Bonchev–Trinajstić information content (AvgIpc) is 3.62. The van der Waals surface area contributed by atoms with Gasteiger partial charge in [0.1, 0.15) is 11.9 Å². The molecule has 2 amide bonds. The Morgan fingerprint density at radius 2 is 1.82 bits per heavy atom. The number of H-pyrrole nitrogens is 1. The van der Waals surface area contributed by atoms with Crippen LogP contribution < -0.4 is 0 Å². The molecule has 0 saturated carbocycles. The van der Waals surface area contributed by atoms with Crippen molar-refractivity contribution >= 4 is 28.6 Å². The number of aryl methyl sites for hydroxylation is 2. The van der Waals surface area contributed by atoms with Gasteiger partial charge in [-0.1, -0.05) is 19.9 Å². The lowest BCUT2D eigenvalue weighted by atomic mass is 9.87. The second kappa shape index (κ2) is 9.92. The first kappa shape index (κ1) is 26.3. The second-order valence-corrected chi connectivity index (χ2v) is 11.6. The fourth-order valence-electron chi connectivity index (χ4n) is 6.61. The van der Waals surface area contributed by atoms with Crippen molar-refractivity contribution in [1.82, 2.24) is 29.4 Å². The van der Waals surface area contributed by atoms with Gasteiger partial charge in [-0.3, -0.25) is 9.69 Å². The van der Waals surface area contributed by atoms with Gasteiger partial charge in [0.15, 0.2) is 5.65 Å². The fourth-order valence-corrected chi connectivity index (χ4v) is 6.61. The zero-order valence-corrected chi connectivity index (χ0v) is 23.4. The van der Waals surface area contributed by atoms with E-state index in [-0.39, 0.29) is 12.5 Å². The summed E-state index contributed by atoms with van der Waals surface area (Å²) in [5.74, 6) is 1.06. The summed E-state index contributed by atoms with van der Waals surface area (Å²) in [5.41, 5.74) is 7.72. The predicted molar refractivity (Wildman–Crippen MR) is 152 cm³/mol. The van der Waals surface area contributed by atoms with E-state index in [1.54, 1.807) is 4.90 Å². The SMILES string of the molecule is Cc1nc2c(C)cc(-c3[nH]c4ccc(C5CCN(C(=O)[C@@H]6[C@H](O)CCN6C(=O)O)CC5)cc4c3C(C)C)cn2n1. The van der Waals surface area contributed by atoms with Crippen LogP contribution in [0.4, 0.5) is 4.79 Å². The van der Waals surface area contributed by atoms with Crippen LogP contribution in [-0.2, 0) is 4.79 Å². The molecule has 0 spiro atoms. The molecule has 10 heteroatoms. The summed E-state index contributed by atoms with van der Waals surface area (Å²) in [7, 11) is 0. The van der Waals surface area contributed by atoms with Gasteiger partial charge in [-0.25, -0.2) is 14.3 Å². The number of rotatable bonds is 4. The molecular formula is C30H36N6O4. The molecule has 2 fully saturated rings. The van der Waals surface area contributed by atoms with E-state index in [0.717, 1.165) is 51.6 Å². The number of hydrogen-bond acceptors (Lipinski definition) is 5. The van der Waals surface area contributed by atoms with Crippen molar-refractivity contribution in [2.75, 3.05) is 19.6 Å². The number of pyridine rings is 1. The molecule has 2 aliphatic heterocycles. The molecule has 0 unspecified atom stereocenters. The van der Waals surface area contributed by atoms with Gasteiger partial charge in [-0.2, -0.15) is 5.10 Å². The van der Waals surface area contributed by atoms with Crippen LogP contribution in [0.2, 0.25) is 0 Å². The average molecular weight is 545 g/mol. The first-order valence-electron chi connectivity index (χ1n) is 14.1. The number of aliphatic hydroxyl groups excluding tert-OH is 1. The predicted octanol–water partition coefficient (Wildman–Crippen LogP) is 4.44. The molecule has 1 aromatic carbocycles. The van der Waals surface area contributed by atoms with Crippen molar-refractivity contribution in [2.45, 2.75) is 70.9 Å². The molecule has 0 radical (unpaired) electrons. The number of nitrogens with one attached hydrogen (secondary N) is 1. The van der Waals surface area contributed by atoms with Gasteiger partial charge < -0.3 is 20.1 Å². The van der Waals surface area contributed by atoms with Crippen LogP contribution in [0.25, 0.3) is 27.8 Å². The normalized spacial score (nSPS) is 20.4. The van der Waals surface area contributed by atoms with E-state index in [2.05, 4.69) is 60.1 Å². The molecule has 5 heterocycles. The van der Waals surface area contributed by atoms with Crippen molar-refractivity contribution in [2.24, 2.45) is 0 Å². The highest BCUT2D eigenvalue weighted by atomic mass is 16.4. The summed E-state index contributed by atoms with van der Waals surface area (Å²) < 4.78 is 1.86. The number of hydrogen-bond donors (Lipinski definition) is 3. The van der Waals surface area contributed by atoms with Gasteiger partial charge in [0.2, 0.25) is 5.91 Å². The van der Waals surface area contributed by atoms with E-state index < -0.39 is 18.2 Å². The third-order valence-electron chi connectivity index (χ3n) is 8.59. The smallest absolute Gasteiger partial charge is 0.408 e. The summed E-state index contributed by atoms with van der Waals surface area (Å²) in [6, 6.07) is 7.80. The number of aliphatic hydroxyl groups is 1. The second-order valence-electron chi connectivity index (χ2n) is 11.6. The molecule has 2 saturated heterocycles. The van der Waals surface area contributed by atoms with E-state index in [4.69, 9.17) is 0 Å². The molecule has 2 aliphatic rings. The number of carboxylic acid groups (broad SMARTS) is 1. The number of aromatic nitrogens is 4. The topological polar surface area (TPSA) is 127 Å². The van der Waals surface area contributed by atoms with Gasteiger partial charge in [-0.15, -0.1) is 0 Å². The molecular weight excluding hydrogens is 508 g/mol. The van der Waals surface area contributed by atoms with Gasteiger partial charge in [0, 0.05) is 42.3 Å². The lowest BCUT2D eigenvalue weighted by molar-refractivity contribution is -0.139. The van der Waals surface area contributed by atoms with Crippen LogP contribution in [0.3, 0.4) is 0 Å². The summed E-state index contributed by atoms with van der Waals surface area (Å²) in [6.07, 6.45) is 1.82. The number of carbonyl (C=O) groups is 2. The maximum Gasteiger partial charge on any atom is 0.408 e. The minimum atomic E-state index is -1.16. The Kier molecular flexibility index (Phi) is 6.53. The van der Waals surface area contributed by atoms with Crippen LogP contribution in [0.15, 0.2) is 30.5 Å². The number of nitrogens with zero attached hydrogens (tertiary/aromatic N) is 5. The van der Waals surface area contributed by atoms with Gasteiger partial charge in [-0.05, 0) is 79.8 Å². The maximum atomic E-state index is 13.2. The number of aromatic amines is 1. The summed E-state index contributed by atoms with van der Waals surface area (Å²) in [5, 5.41) is 25.5. The minimum Gasteiger partial charge on any atom is -0.465 e. The Balaban J connectivity index is 1.26. The van der Waals surface area contributed by atoms with Gasteiger partial charge >= 0.3 is 6.09 Å². The largest absolute Gasteiger partial charge is 0.465 e. The number of benzene rings is 1. The van der Waals surface area contributed by atoms with E-state index in [1.165, 1.54) is 16.5 Å². The van der Waals surface area contributed by atoms with Crippen LogP contribution in [-0.4, -0.2) is 83.4 Å². The molecule has 4 aromatic rings. The standard InChI is InChI=1S/C30H36N6O4/c1-16(2)25-22-14-20(19-7-10-34(11-8-19)29(38)27-24(37)9-12-35(27)30(39)40)5-6-23(22)32-26(25)21-13-17(3)28-31-18(4)33-36(28)15-21/h5-6,13-16,19,24,27,32,37H,7-12H2,1-4H3,(H,39,40)/t24-,27+/m1/s1. The Morgan fingerprint density at radius 3 is 2.52 bits per heavy atom.